The highest BCUT2D eigenvalue weighted by atomic mass is 35.5. The first-order chi connectivity index (χ1) is 9.75. The molecule has 114 valence electrons. The van der Waals surface area contributed by atoms with Crippen molar-refractivity contribution in [3.63, 3.8) is 0 Å². The van der Waals surface area contributed by atoms with Crippen LogP contribution in [0, 0.1) is 0 Å². The molecule has 0 spiro atoms. The van der Waals surface area contributed by atoms with Crippen molar-refractivity contribution in [3.05, 3.63) is 46.6 Å². The van der Waals surface area contributed by atoms with E-state index in [1.54, 1.807) is 0 Å². The first-order valence-electron chi connectivity index (χ1n) is 5.67. The summed E-state index contributed by atoms with van der Waals surface area (Å²) in [5, 5.41) is 10.2. The van der Waals surface area contributed by atoms with Crippen molar-refractivity contribution in [2.45, 2.75) is 18.6 Å². The molecule has 21 heavy (non-hydrogen) atoms. The monoisotopic (exact) mass is 324 g/mol. The Morgan fingerprint density at radius 2 is 1.90 bits per heavy atom. The van der Waals surface area contributed by atoms with Crippen molar-refractivity contribution in [2.24, 2.45) is 0 Å². The number of halogens is 5. The molecule has 1 fully saturated rings. The number of carbonyl (C=O) groups is 1. The van der Waals surface area contributed by atoms with E-state index < -0.39 is 36.3 Å². The van der Waals surface area contributed by atoms with E-state index in [9.17, 15) is 27.5 Å². The van der Waals surface area contributed by atoms with Crippen LogP contribution < -0.4 is 5.43 Å². The molecule has 1 aliphatic heterocycles. The molecule has 1 amide bonds. The third kappa shape index (κ3) is 2.81. The molecule has 2 rings (SSSR count). The van der Waals surface area contributed by atoms with Crippen LogP contribution >= 0.6 is 11.6 Å². The summed E-state index contributed by atoms with van der Waals surface area (Å²) in [6.07, 6.45) is -6.80. The third-order valence-corrected chi connectivity index (χ3v) is 3.19. The molecule has 1 aromatic carbocycles. The van der Waals surface area contributed by atoms with Crippen molar-refractivity contribution in [1.29, 1.82) is 0 Å². The van der Waals surface area contributed by atoms with Gasteiger partial charge in [-0.2, -0.15) is 8.78 Å². The molecule has 1 saturated heterocycles. The second-order valence-corrected chi connectivity index (χ2v) is 4.79. The van der Waals surface area contributed by atoms with Gasteiger partial charge in [-0.05, 0) is 24.3 Å². The van der Waals surface area contributed by atoms with Crippen molar-refractivity contribution >= 4 is 17.5 Å². The van der Waals surface area contributed by atoms with Crippen LogP contribution in [0.4, 0.5) is 17.6 Å². The van der Waals surface area contributed by atoms with Gasteiger partial charge in [0.05, 0.1) is 6.42 Å². The second kappa shape index (κ2) is 5.53. The van der Waals surface area contributed by atoms with Crippen molar-refractivity contribution in [3.8, 4) is 0 Å². The van der Waals surface area contributed by atoms with Crippen LogP contribution in [0.1, 0.15) is 16.8 Å². The number of aliphatic hydroxyl groups is 1. The number of nitrogens with zero attached hydrogens (tertiary/aromatic N) is 1. The quantitative estimate of drug-likeness (QED) is 0.823. The van der Waals surface area contributed by atoms with E-state index in [4.69, 9.17) is 11.6 Å². The summed E-state index contributed by atoms with van der Waals surface area (Å²) in [5.41, 5.74) is -2.24. The summed E-state index contributed by atoms with van der Waals surface area (Å²) in [7, 11) is 0. The molecule has 1 aliphatic rings. The molecule has 0 aromatic heterocycles. The number of benzene rings is 1. The van der Waals surface area contributed by atoms with Crippen LogP contribution in [0.3, 0.4) is 0 Å². The number of amides is 1. The molecule has 2 N–H and O–H groups in total. The molecule has 1 atom stereocenters. The lowest BCUT2D eigenvalue weighted by Crippen LogP contribution is -2.55. The average Bonchev–Trinajstić information content (AvgIpc) is 2.78. The lowest BCUT2D eigenvalue weighted by Gasteiger charge is -2.31. The van der Waals surface area contributed by atoms with E-state index in [2.05, 4.69) is 0 Å². The second-order valence-electron chi connectivity index (χ2n) is 4.35. The van der Waals surface area contributed by atoms with Crippen LogP contribution in [-0.2, 0) is 0 Å². The molecular formula is C12H9ClF4N2O2. The van der Waals surface area contributed by atoms with Crippen LogP contribution in [0.25, 0.3) is 0 Å². The fourth-order valence-corrected chi connectivity index (χ4v) is 1.97. The molecule has 1 aromatic rings. The van der Waals surface area contributed by atoms with Gasteiger partial charge < -0.3 is 5.11 Å². The highest BCUT2D eigenvalue weighted by Gasteiger charge is 2.53. The Morgan fingerprint density at radius 3 is 2.38 bits per heavy atom. The Morgan fingerprint density at radius 1 is 1.33 bits per heavy atom. The number of carbonyl (C=O) groups excluding carboxylic acids is 1. The largest absolute Gasteiger partial charge is 0.364 e. The van der Waals surface area contributed by atoms with Crippen molar-refractivity contribution in [1.82, 2.24) is 10.4 Å². The lowest BCUT2D eigenvalue weighted by atomic mass is 10.1. The summed E-state index contributed by atoms with van der Waals surface area (Å²) in [4.78, 5) is 12.1. The van der Waals surface area contributed by atoms with E-state index in [1.807, 2.05) is 5.43 Å². The minimum absolute atomic E-state index is 0.0912. The van der Waals surface area contributed by atoms with Crippen LogP contribution in [0.5, 0.6) is 0 Å². The summed E-state index contributed by atoms with van der Waals surface area (Å²) < 4.78 is 51.0. The number of alkyl halides is 2. The smallest absolute Gasteiger partial charge is 0.291 e. The maximum atomic E-state index is 13.0. The maximum absolute atomic E-state index is 13.0. The van der Waals surface area contributed by atoms with Gasteiger partial charge in [0.25, 0.3) is 18.4 Å². The lowest BCUT2D eigenvalue weighted by molar-refractivity contribution is -0.168. The summed E-state index contributed by atoms with van der Waals surface area (Å²) >= 11 is 5.63. The van der Waals surface area contributed by atoms with Gasteiger partial charge in [0, 0.05) is 10.6 Å². The maximum Gasteiger partial charge on any atom is 0.291 e. The zero-order chi connectivity index (χ0) is 15.8. The number of hydrogen-bond acceptors (Lipinski definition) is 3. The van der Waals surface area contributed by atoms with Gasteiger partial charge in [-0.1, -0.05) is 11.6 Å². The normalized spacial score (nSPS) is 21.7. The SMILES string of the molecule is O=C(c1ccc(Cl)cc1)N1NC(=C(F)F)CC1(O)C(F)F. The van der Waals surface area contributed by atoms with Crippen LogP contribution in [0.2, 0.25) is 5.02 Å². The number of hydrazine groups is 1. The summed E-state index contributed by atoms with van der Waals surface area (Å²) in [5.74, 6) is -1.08. The van der Waals surface area contributed by atoms with E-state index in [-0.39, 0.29) is 10.6 Å². The van der Waals surface area contributed by atoms with Gasteiger partial charge in [0.2, 0.25) is 5.72 Å². The molecule has 1 unspecified atom stereocenters. The minimum Gasteiger partial charge on any atom is -0.364 e. The average molecular weight is 325 g/mol. The number of hydrogen-bond donors (Lipinski definition) is 2. The molecule has 0 radical (unpaired) electrons. The molecular weight excluding hydrogens is 316 g/mol. The minimum atomic E-state index is -3.43. The van der Waals surface area contributed by atoms with E-state index in [1.165, 1.54) is 24.3 Å². The molecule has 9 heteroatoms. The van der Waals surface area contributed by atoms with Gasteiger partial charge in [0.1, 0.15) is 5.70 Å². The first-order valence-corrected chi connectivity index (χ1v) is 6.05. The topological polar surface area (TPSA) is 52.6 Å². The van der Waals surface area contributed by atoms with Crippen LogP contribution in [0.15, 0.2) is 36.0 Å². The fraction of sp³-hybridized carbons (Fsp3) is 0.250. The summed E-state index contributed by atoms with van der Waals surface area (Å²) in [6.45, 7) is 0. The Kier molecular flexibility index (Phi) is 4.11. The van der Waals surface area contributed by atoms with Crippen molar-refractivity contribution < 1.29 is 27.5 Å². The van der Waals surface area contributed by atoms with Crippen molar-refractivity contribution in [2.75, 3.05) is 0 Å². The van der Waals surface area contributed by atoms with E-state index in [0.717, 1.165) is 0 Å². The molecule has 0 bridgehead atoms. The molecule has 0 saturated carbocycles. The van der Waals surface area contributed by atoms with Gasteiger partial charge in [-0.25, -0.2) is 13.8 Å². The molecule has 1 heterocycles. The van der Waals surface area contributed by atoms with Gasteiger partial charge in [0.15, 0.2) is 0 Å². The van der Waals surface area contributed by atoms with E-state index in [0.29, 0.717) is 5.02 Å². The van der Waals surface area contributed by atoms with Crippen LogP contribution in [-0.4, -0.2) is 28.2 Å². The van der Waals surface area contributed by atoms with Gasteiger partial charge in [-0.15, -0.1) is 0 Å². The molecule has 4 nitrogen and oxygen atoms in total. The number of nitrogens with one attached hydrogen (secondary N) is 1. The molecule has 0 aliphatic carbocycles. The highest BCUT2D eigenvalue weighted by Crippen LogP contribution is 2.35. The fourth-order valence-electron chi connectivity index (χ4n) is 1.84. The third-order valence-electron chi connectivity index (χ3n) is 2.94. The standard InChI is InChI=1S/C12H9ClF4N2O2/c13-7-3-1-6(2-4-7)10(20)19-12(21,11(16)17)5-8(18-19)9(14)15/h1-4,11,18,21H,5H2. The summed E-state index contributed by atoms with van der Waals surface area (Å²) in [6, 6.07) is 5.12. The van der Waals surface area contributed by atoms with Gasteiger partial charge in [-0.3, -0.25) is 10.2 Å². The predicted molar refractivity (Wildman–Crippen MR) is 65.6 cm³/mol. The van der Waals surface area contributed by atoms with Gasteiger partial charge >= 0.3 is 0 Å². The predicted octanol–water partition coefficient (Wildman–Crippen LogP) is 2.75. The Hall–Kier alpha value is -1.80. The number of rotatable bonds is 2. The first kappa shape index (κ1) is 15.6. The Bertz CT molecular complexity index is 589. The zero-order valence-electron chi connectivity index (χ0n) is 10.3. The zero-order valence-corrected chi connectivity index (χ0v) is 11.0. The Balaban J connectivity index is 2.38. The van der Waals surface area contributed by atoms with E-state index >= 15 is 0 Å². The Labute approximate surface area is 121 Å². The highest BCUT2D eigenvalue weighted by molar-refractivity contribution is 6.30.